The average Bonchev–Trinajstić information content (AvgIpc) is 3.13. The van der Waals surface area contributed by atoms with Crippen LogP contribution in [0.25, 0.3) is 0 Å². The lowest BCUT2D eigenvalue weighted by atomic mass is 10.1. The molecule has 2 amide bonds. The molecule has 5 nitrogen and oxygen atoms in total. The minimum absolute atomic E-state index is 0.197. The molecule has 0 bridgehead atoms. The monoisotopic (exact) mass is 299 g/mol. The number of aryl methyl sites for hydroxylation is 1. The first-order chi connectivity index (χ1) is 10.2. The lowest BCUT2D eigenvalue weighted by Crippen LogP contribution is -2.31. The third-order valence-electron chi connectivity index (χ3n) is 3.82. The Kier molecular flexibility index (Phi) is 2.85. The van der Waals surface area contributed by atoms with E-state index >= 15 is 0 Å². The summed E-state index contributed by atoms with van der Waals surface area (Å²) < 4.78 is 2.13. The number of carbonyl (C=O) groups is 2. The first kappa shape index (κ1) is 12.6. The first-order valence-electron chi connectivity index (χ1n) is 6.88. The number of amides is 2. The van der Waals surface area contributed by atoms with E-state index in [1.54, 1.807) is 36.0 Å². The van der Waals surface area contributed by atoms with Crippen molar-refractivity contribution >= 4 is 23.6 Å². The molecule has 3 heterocycles. The molecule has 21 heavy (non-hydrogen) atoms. The molecule has 0 spiro atoms. The van der Waals surface area contributed by atoms with Gasteiger partial charge in [0, 0.05) is 31.5 Å². The van der Waals surface area contributed by atoms with Crippen LogP contribution in [0.3, 0.4) is 0 Å². The second-order valence-corrected chi connectivity index (χ2v) is 6.18. The van der Waals surface area contributed by atoms with Crippen molar-refractivity contribution in [1.82, 2.24) is 14.5 Å². The van der Waals surface area contributed by atoms with Gasteiger partial charge < -0.3 is 4.57 Å². The Morgan fingerprint density at radius 2 is 1.86 bits per heavy atom. The van der Waals surface area contributed by atoms with Gasteiger partial charge in [0.15, 0.2) is 5.16 Å². The quantitative estimate of drug-likeness (QED) is 0.811. The van der Waals surface area contributed by atoms with Gasteiger partial charge in [0.05, 0.1) is 16.8 Å². The lowest BCUT2D eigenvalue weighted by Gasteiger charge is -2.12. The number of aromatic nitrogens is 2. The van der Waals surface area contributed by atoms with Crippen molar-refractivity contribution in [2.45, 2.75) is 18.1 Å². The topological polar surface area (TPSA) is 55.2 Å². The molecule has 0 atom stereocenters. The van der Waals surface area contributed by atoms with Crippen LogP contribution in [0.1, 0.15) is 26.4 Å². The van der Waals surface area contributed by atoms with Gasteiger partial charge in [0.2, 0.25) is 0 Å². The molecule has 0 saturated carbocycles. The molecule has 4 rings (SSSR count). The summed E-state index contributed by atoms with van der Waals surface area (Å²) in [5.41, 5.74) is 1.95. The normalized spacial score (nSPS) is 16.5. The smallest absolute Gasteiger partial charge is 0.261 e. The van der Waals surface area contributed by atoms with E-state index in [1.165, 1.54) is 4.90 Å². The van der Waals surface area contributed by atoms with Crippen molar-refractivity contribution in [1.29, 1.82) is 0 Å². The van der Waals surface area contributed by atoms with Gasteiger partial charge in [-0.25, -0.2) is 4.98 Å². The van der Waals surface area contributed by atoms with Crippen LogP contribution in [0.4, 0.5) is 0 Å². The molecule has 0 radical (unpaired) electrons. The summed E-state index contributed by atoms with van der Waals surface area (Å²) in [5, 5.41) is 1.03. The number of imidazole rings is 1. The molecule has 0 saturated heterocycles. The van der Waals surface area contributed by atoms with E-state index in [4.69, 9.17) is 0 Å². The van der Waals surface area contributed by atoms with Crippen LogP contribution < -0.4 is 0 Å². The summed E-state index contributed by atoms with van der Waals surface area (Å²) in [6, 6.07) is 6.98. The van der Waals surface area contributed by atoms with Crippen LogP contribution >= 0.6 is 11.8 Å². The Balaban J connectivity index is 1.51. The predicted molar refractivity (Wildman–Crippen MR) is 78.5 cm³/mol. The lowest BCUT2D eigenvalue weighted by molar-refractivity contribution is 0.0656. The summed E-state index contributed by atoms with van der Waals surface area (Å²) in [4.78, 5) is 30.3. The van der Waals surface area contributed by atoms with Crippen molar-refractivity contribution in [2.24, 2.45) is 0 Å². The van der Waals surface area contributed by atoms with Crippen LogP contribution in [-0.2, 0) is 13.0 Å². The highest BCUT2D eigenvalue weighted by atomic mass is 32.2. The molecule has 0 N–H and O–H groups in total. The predicted octanol–water partition coefficient (Wildman–Crippen LogP) is 1.83. The molecule has 2 aromatic rings. The molecule has 106 valence electrons. The van der Waals surface area contributed by atoms with Crippen molar-refractivity contribution < 1.29 is 9.59 Å². The highest BCUT2D eigenvalue weighted by Crippen LogP contribution is 2.26. The van der Waals surface area contributed by atoms with Crippen molar-refractivity contribution in [3.8, 4) is 0 Å². The fourth-order valence-corrected chi connectivity index (χ4v) is 3.71. The highest BCUT2D eigenvalue weighted by Gasteiger charge is 2.34. The SMILES string of the molecule is O=C1c2ccccc2C(=O)N1CCc1cn2c(n1)SCC2. The van der Waals surface area contributed by atoms with Crippen molar-refractivity contribution in [3.05, 3.63) is 47.3 Å². The van der Waals surface area contributed by atoms with Gasteiger partial charge in [-0.3, -0.25) is 14.5 Å². The Morgan fingerprint density at radius 3 is 2.52 bits per heavy atom. The molecule has 2 aliphatic heterocycles. The second-order valence-electron chi connectivity index (χ2n) is 5.11. The zero-order chi connectivity index (χ0) is 14.4. The molecular formula is C15H13N3O2S. The highest BCUT2D eigenvalue weighted by molar-refractivity contribution is 7.99. The van der Waals surface area contributed by atoms with Crippen LogP contribution in [0.15, 0.2) is 35.6 Å². The number of benzene rings is 1. The Labute approximate surface area is 126 Å². The van der Waals surface area contributed by atoms with Gasteiger partial charge in [0.1, 0.15) is 0 Å². The number of thioether (sulfide) groups is 1. The van der Waals surface area contributed by atoms with Crippen molar-refractivity contribution in [2.75, 3.05) is 12.3 Å². The summed E-state index contributed by atoms with van der Waals surface area (Å²) in [7, 11) is 0. The summed E-state index contributed by atoms with van der Waals surface area (Å²) in [6.07, 6.45) is 2.62. The molecule has 1 aromatic heterocycles. The fraction of sp³-hybridized carbons (Fsp3) is 0.267. The van der Waals surface area contributed by atoms with E-state index in [0.29, 0.717) is 24.1 Å². The molecule has 0 unspecified atom stereocenters. The molecule has 1 aromatic carbocycles. The number of hydrogen-bond acceptors (Lipinski definition) is 4. The second kappa shape index (κ2) is 4.73. The summed E-state index contributed by atoms with van der Waals surface area (Å²) in [6.45, 7) is 1.37. The van der Waals surface area contributed by atoms with E-state index < -0.39 is 0 Å². The fourth-order valence-electron chi connectivity index (χ4n) is 2.75. The van der Waals surface area contributed by atoms with E-state index in [-0.39, 0.29) is 11.8 Å². The number of rotatable bonds is 3. The maximum absolute atomic E-state index is 12.2. The molecule has 0 aliphatic carbocycles. The van der Waals surface area contributed by atoms with E-state index in [0.717, 1.165) is 23.1 Å². The molecule has 0 fully saturated rings. The first-order valence-corrected chi connectivity index (χ1v) is 7.86. The number of hydrogen-bond donors (Lipinski definition) is 0. The van der Waals surface area contributed by atoms with E-state index in [9.17, 15) is 9.59 Å². The van der Waals surface area contributed by atoms with Crippen LogP contribution in [0.2, 0.25) is 0 Å². The zero-order valence-electron chi connectivity index (χ0n) is 11.3. The molecule has 6 heteroatoms. The van der Waals surface area contributed by atoms with E-state index in [2.05, 4.69) is 9.55 Å². The molecular weight excluding hydrogens is 286 g/mol. The summed E-state index contributed by atoms with van der Waals surface area (Å²) in [5.74, 6) is 0.676. The van der Waals surface area contributed by atoms with Gasteiger partial charge in [-0.05, 0) is 12.1 Å². The maximum atomic E-state index is 12.2. The summed E-state index contributed by atoms with van der Waals surface area (Å²) >= 11 is 1.74. The third-order valence-corrected chi connectivity index (χ3v) is 4.79. The Morgan fingerprint density at radius 1 is 1.14 bits per heavy atom. The van der Waals surface area contributed by atoms with Gasteiger partial charge in [-0.2, -0.15) is 0 Å². The van der Waals surface area contributed by atoms with Crippen molar-refractivity contribution in [3.63, 3.8) is 0 Å². The number of nitrogens with zero attached hydrogens (tertiary/aromatic N) is 3. The van der Waals surface area contributed by atoms with Crippen LogP contribution in [-0.4, -0.2) is 38.6 Å². The third kappa shape index (κ3) is 1.98. The van der Waals surface area contributed by atoms with Crippen LogP contribution in [0.5, 0.6) is 0 Å². The van der Waals surface area contributed by atoms with E-state index in [1.807, 2.05) is 6.20 Å². The Bertz CT molecular complexity index is 697. The standard InChI is InChI=1S/C15H13N3O2S/c19-13-11-3-1-2-4-12(11)14(20)18(13)6-5-10-9-17-7-8-21-15(17)16-10/h1-4,9H,5-8H2. The van der Waals surface area contributed by atoms with Gasteiger partial charge in [-0.1, -0.05) is 23.9 Å². The zero-order valence-corrected chi connectivity index (χ0v) is 12.1. The molecule has 2 aliphatic rings. The van der Waals surface area contributed by atoms with Gasteiger partial charge in [-0.15, -0.1) is 0 Å². The average molecular weight is 299 g/mol. The minimum atomic E-state index is -0.197. The largest absolute Gasteiger partial charge is 0.325 e. The Hall–Kier alpha value is -2.08. The minimum Gasteiger partial charge on any atom is -0.325 e. The van der Waals surface area contributed by atoms with Crippen LogP contribution in [0, 0.1) is 0 Å². The number of carbonyl (C=O) groups excluding carboxylic acids is 2. The number of imide groups is 1. The van der Waals surface area contributed by atoms with Gasteiger partial charge in [0.25, 0.3) is 11.8 Å². The number of fused-ring (bicyclic) bond motifs is 2. The maximum Gasteiger partial charge on any atom is 0.261 e. The van der Waals surface area contributed by atoms with Gasteiger partial charge >= 0.3 is 0 Å².